The van der Waals surface area contributed by atoms with Gasteiger partial charge in [0, 0.05) is 26.1 Å². The second kappa shape index (κ2) is 5.90. The predicted molar refractivity (Wildman–Crippen MR) is 71.4 cm³/mol. The standard InChI is InChI=1S/C14H24N2O3/c1-10(2)13(16-8-4-6-12(16)18)14(19)15-7-3-5-11(17)9-15/h10-11,13,17H,3-9H2,1-2H3. The number of rotatable bonds is 3. The van der Waals surface area contributed by atoms with E-state index in [4.69, 9.17) is 0 Å². The molecule has 2 aliphatic heterocycles. The van der Waals surface area contributed by atoms with Crippen LogP contribution in [0.1, 0.15) is 39.5 Å². The zero-order valence-corrected chi connectivity index (χ0v) is 11.8. The highest BCUT2D eigenvalue weighted by Crippen LogP contribution is 2.22. The third kappa shape index (κ3) is 3.08. The van der Waals surface area contributed by atoms with Crippen molar-refractivity contribution in [3.8, 4) is 0 Å². The fourth-order valence-electron chi connectivity index (χ4n) is 3.08. The molecule has 2 rings (SSSR count). The van der Waals surface area contributed by atoms with Gasteiger partial charge < -0.3 is 14.9 Å². The van der Waals surface area contributed by atoms with Gasteiger partial charge in [-0.1, -0.05) is 13.8 Å². The molecule has 5 heteroatoms. The number of hydrogen-bond donors (Lipinski definition) is 1. The number of piperidine rings is 1. The van der Waals surface area contributed by atoms with Crippen molar-refractivity contribution in [1.29, 1.82) is 0 Å². The van der Waals surface area contributed by atoms with Gasteiger partial charge in [-0.2, -0.15) is 0 Å². The lowest BCUT2D eigenvalue weighted by Crippen LogP contribution is -2.54. The molecule has 0 aliphatic carbocycles. The summed E-state index contributed by atoms with van der Waals surface area (Å²) in [4.78, 5) is 28.0. The Morgan fingerprint density at radius 2 is 2.05 bits per heavy atom. The summed E-state index contributed by atoms with van der Waals surface area (Å²) in [5.74, 6) is 0.197. The van der Waals surface area contributed by atoms with E-state index in [-0.39, 0.29) is 23.8 Å². The van der Waals surface area contributed by atoms with Crippen LogP contribution < -0.4 is 0 Å². The topological polar surface area (TPSA) is 60.9 Å². The van der Waals surface area contributed by atoms with E-state index in [1.54, 1.807) is 9.80 Å². The van der Waals surface area contributed by atoms with Gasteiger partial charge in [-0.3, -0.25) is 9.59 Å². The van der Waals surface area contributed by atoms with E-state index in [2.05, 4.69) is 0 Å². The van der Waals surface area contributed by atoms with Crippen LogP contribution in [0.15, 0.2) is 0 Å². The Kier molecular flexibility index (Phi) is 4.45. The summed E-state index contributed by atoms with van der Waals surface area (Å²) in [7, 11) is 0. The van der Waals surface area contributed by atoms with Crippen molar-refractivity contribution >= 4 is 11.8 Å². The molecule has 2 amide bonds. The van der Waals surface area contributed by atoms with Crippen LogP contribution in [0.4, 0.5) is 0 Å². The quantitative estimate of drug-likeness (QED) is 0.816. The van der Waals surface area contributed by atoms with E-state index < -0.39 is 6.10 Å². The Morgan fingerprint density at radius 1 is 1.32 bits per heavy atom. The number of hydrogen-bond acceptors (Lipinski definition) is 3. The smallest absolute Gasteiger partial charge is 0.245 e. The van der Waals surface area contributed by atoms with E-state index in [0.717, 1.165) is 19.3 Å². The molecular weight excluding hydrogens is 244 g/mol. The number of aliphatic hydroxyl groups is 1. The van der Waals surface area contributed by atoms with E-state index in [0.29, 0.717) is 26.1 Å². The average molecular weight is 268 g/mol. The van der Waals surface area contributed by atoms with Crippen LogP contribution in [0.3, 0.4) is 0 Å². The maximum atomic E-state index is 12.6. The maximum Gasteiger partial charge on any atom is 0.245 e. The minimum Gasteiger partial charge on any atom is -0.391 e. The fraction of sp³-hybridized carbons (Fsp3) is 0.857. The molecule has 2 saturated heterocycles. The Bertz CT molecular complexity index is 357. The van der Waals surface area contributed by atoms with Gasteiger partial charge in [0.2, 0.25) is 11.8 Å². The normalized spacial score (nSPS) is 26.1. The predicted octanol–water partition coefficient (Wildman–Crippen LogP) is 0.617. The van der Waals surface area contributed by atoms with Crippen LogP contribution >= 0.6 is 0 Å². The van der Waals surface area contributed by atoms with Gasteiger partial charge in [-0.15, -0.1) is 0 Å². The second-order valence-corrected chi connectivity index (χ2v) is 5.96. The molecule has 2 atom stereocenters. The summed E-state index contributed by atoms with van der Waals surface area (Å²) in [5.41, 5.74) is 0. The Labute approximate surface area is 114 Å². The SMILES string of the molecule is CC(C)C(C(=O)N1CCCC(O)C1)N1CCCC1=O. The van der Waals surface area contributed by atoms with Gasteiger partial charge >= 0.3 is 0 Å². The van der Waals surface area contributed by atoms with Crippen LogP contribution in [0.5, 0.6) is 0 Å². The second-order valence-electron chi connectivity index (χ2n) is 5.96. The van der Waals surface area contributed by atoms with Crippen molar-refractivity contribution in [2.75, 3.05) is 19.6 Å². The molecule has 0 saturated carbocycles. The van der Waals surface area contributed by atoms with Crippen molar-refractivity contribution in [3.05, 3.63) is 0 Å². The van der Waals surface area contributed by atoms with Crippen molar-refractivity contribution < 1.29 is 14.7 Å². The molecule has 0 radical (unpaired) electrons. The molecule has 0 aromatic heterocycles. The highest BCUT2D eigenvalue weighted by atomic mass is 16.3. The van der Waals surface area contributed by atoms with Crippen molar-refractivity contribution in [2.45, 2.75) is 51.7 Å². The summed E-state index contributed by atoms with van der Waals surface area (Å²) in [6.07, 6.45) is 2.58. The van der Waals surface area contributed by atoms with Crippen LogP contribution in [-0.4, -0.2) is 58.5 Å². The van der Waals surface area contributed by atoms with E-state index >= 15 is 0 Å². The molecule has 19 heavy (non-hydrogen) atoms. The van der Waals surface area contributed by atoms with Gasteiger partial charge in [-0.05, 0) is 25.2 Å². The van der Waals surface area contributed by atoms with Gasteiger partial charge in [-0.25, -0.2) is 0 Å². The molecule has 0 aromatic carbocycles. The number of carbonyl (C=O) groups is 2. The number of carbonyl (C=O) groups excluding carboxylic acids is 2. The molecule has 2 unspecified atom stereocenters. The number of likely N-dealkylation sites (tertiary alicyclic amines) is 2. The summed E-state index contributed by atoms with van der Waals surface area (Å²) >= 11 is 0. The molecule has 0 aromatic rings. The zero-order chi connectivity index (χ0) is 14.0. The lowest BCUT2D eigenvalue weighted by molar-refractivity contribution is -0.147. The van der Waals surface area contributed by atoms with Gasteiger partial charge in [0.25, 0.3) is 0 Å². The maximum absolute atomic E-state index is 12.6. The average Bonchev–Trinajstić information content (AvgIpc) is 2.75. The Balaban J connectivity index is 2.10. The van der Waals surface area contributed by atoms with Crippen LogP contribution in [-0.2, 0) is 9.59 Å². The minimum absolute atomic E-state index is 0.00370. The molecule has 1 N–H and O–H groups in total. The van der Waals surface area contributed by atoms with E-state index in [9.17, 15) is 14.7 Å². The first-order valence-electron chi connectivity index (χ1n) is 7.27. The molecule has 2 heterocycles. The Morgan fingerprint density at radius 3 is 2.58 bits per heavy atom. The first-order valence-corrected chi connectivity index (χ1v) is 7.27. The lowest BCUT2D eigenvalue weighted by atomic mass is 9.99. The number of amides is 2. The van der Waals surface area contributed by atoms with E-state index in [1.807, 2.05) is 13.8 Å². The first-order chi connectivity index (χ1) is 9.00. The molecule has 0 bridgehead atoms. The van der Waals surface area contributed by atoms with Crippen molar-refractivity contribution in [2.24, 2.45) is 5.92 Å². The molecule has 5 nitrogen and oxygen atoms in total. The lowest BCUT2D eigenvalue weighted by Gasteiger charge is -2.37. The number of β-amino-alcohol motifs (C(OH)–C–C–N with tert-alkyl or cyclic N) is 1. The number of aliphatic hydroxyl groups excluding tert-OH is 1. The highest BCUT2D eigenvalue weighted by Gasteiger charge is 2.38. The highest BCUT2D eigenvalue weighted by molar-refractivity contribution is 5.89. The summed E-state index contributed by atoms with van der Waals surface area (Å²) < 4.78 is 0. The third-order valence-electron chi connectivity index (χ3n) is 4.04. The van der Waals surface area contributed by atoms with Crippen LogP contribution in [0, 0.1) is 5.92 Å². The summed E-state index contributed by atoms with van der Waals surface area (Å²) in [6.45, 7) is 5.75. The van der Waals surface area contributed by atoms with Gasteiger partial charge in [0.1, 0.15) is 6.04 Å². The molecule has 108 valence electrons. The number of nitrogens with zero attached hydrogens (tertiary/aromatic N) is 2. The zero-order valence-electron chi connectivity index (χ0n) is 11.8. The molecule has 2 aliphatic rings. The van der Waals surface area contributed by atoms with Crippen molar-refractivity contribution in [1.82, 2.24) is 9.80 Å². The summed E-state index contributed by atoms with van der Waals surface area (Å²) in [5, 5.41) is 9.69. The first kappa shape index (κ1) is 14.3. The largest absolute Gasteiger partial charge is 0.391 e. The monoisotopic (exact) mass is 268 g/mol. The van der Waals surface area contributed by atoms with Gasteiger partial charge in [0.15, 0.2) is 0 Å². The van der Waals surface area contributed by atoms with Crippen LogP contribution in [0.25, 0.3) is 0 Å². The van der Waals surface area contributed by atoms with Gasteiger partial charge in [0.05, 0.1) is 6.10 Å². The molecule has 0 spiro atoms. The molecular formula is C14H24N2O3. The third-order valence-corrected chi connectivity index (χ3v) is 4.04. The fourth-order valence-corrected chi connectivity index (χ4v) is 3.08. The van der Waals surface area contributed by atoms with E-state index in [1.165, 1.54) is 0 Å². The van der Waals surface area contributed by atoms with Crippen molar-refractivity contribution in [3.63, 3.8) is 0 Å². The Hall–Kier alpha value is -1.10. The minimum atomic E-state index is -0.417. The summed E-state index contributed by atoms with van der Waals surface area (Å²) in [6, 6.07) is -0.361. The molecule has 2 fully saturated rings. The van der Waals surface area contributed by atoms with Crippen LogP contribution in [0.2, 0.25) is 0 Å².